The molecule has 0 spiro atoms. The Balaban J connectivity index is 0.00000300. The average Bonchev–Trinajstić information content (AvgIpc) is 3.39. The van der Waals surface area contributed by atoms with Gasteiger partial charge in [-0.3, -0.25) is 0 Å². The molecule has 2 N–H and O–H groups in total. The number of nitrogens with one attached hydrogen (secondary N) is 2. The lowest BCUT2D eigenvalue weighted by molar-refractivity contribution is 0.0496. The van der Waals surface area contributed by atoms with Gasteiger partial charge in [0.15, 0.2) is 0 Å². The topological polar surface area (TPSA) is 79.5 Å². The third kappa shape index (κ3) is 5.01. The summed E-state index contributed by atoms with van der Waals surface area (Å²) in [5, 5.41) is 0. The van der Waals surface area contributed by atoms with Crippen molar-refractivity contribution in [2.45, 2.75) is 40.0 Å². The standard InChI is InChI=1S/C22H27N3O3.ClH/c1-5-6-7-11-28-22(26)21-14(2)17(24-15(21)3)12-19-20(27-4)13-18(25-19)16-9-8-10-23-16;/h8-10,12-13,23-24H,5-7,11H2,1-4H3;1H/b19-12-;. The first kappa shape index (κ1) is 22.6. The normalized spacial score (nSPS) is 14.4. The number of nitrogens with zero attached hydrogens (tertiary/aromatic N) is 1. The number of allylic oxidation sites excluding steroid dienone is 1. The summed E-state index contributed by atoms with van der Waals surface area (Å²) in [7, 11) is 1.62. The molecule has 0 bridgehead atoms. The first-order valence-corrected chi connectivity index (χ1v) is 9.61. The van der Waals surface area contributed by atoms with E-state index < -0.39 is 0 Å². The van der Waals surface area contributed by atoms with Crippen molar-refractivity contribution in [3.63, 3.8) is 0 Å². The number of aliphatic imine (C=N–C) groups is 1. The van der Waals surface area contributed by atoms with Crippen LogP contribution in [0.4, 0.5) is 0 Å². The number of hydrogen-bond donors (Lipinski definition) is 2. The smallest absolute Gasteiger partial charge is 0.340 e. The lowest BCUT2D eigenvalue weighted by Crippen LogP contribution is -2.08. The lowest BCUT2D eigenvalue weighted by Gasteiger charge is -2.05. The highest BCUT2D eigenvalue weighted by Crippen LogP contribution is 2.27. The summed E-state index contributed by atoms with van der Waals surface area (Å²) in [4.78, 5) is 23.6. The van der Waals surface area contributed by atoms with Crippen molar-refractivity contribution in [1.82, 2.24) is 9.97 Å². The van der Waals surface area contributed by atoms with E-state index in [1.165, 1.54) is 0 Å². The minimum Gasteiger partial charge on any atom is -0.494 e. The van der Waals surface area contributed by atoms with Crippen LogP contribution in [0.15, 0.2) is 40.9 Å². The SMILES string of the molecule is CCCCCOC(=O)c1c(C)[nH]c(/C=C2\N=C(c3ccc[nH]3)C=C2OC)c1C.Cl. The summed E-state index contributed by atoms with van der Waals surface area (Å²) in [6, 6.07) is 3.89. The van der Waals surface area contributed by atoms with Gasteiger partial charge in [0.2, 0.25) is 0 Å². The van der Waals surface area contributed by atoms with Gasteiger partial charge < -0.3 is 19.4 Å². The molecule has 6 nitrogen and oxygen atoms in total. The van der Waals surface area contributed by atoms with Gasteiger partial charge in [0.25, 0.3) is 0 Å². The van der Waals surface area contributed by atoms with Crippen molar-refractivity contribution in [1.29, 1.82) is 0 Å². The number of esters is 1. The van der Waals surface area contributed by atoms with E-state index in [4.69, 9.17) is 9.47 Å². The molecule has 1 aliphatic heterocycles. The Kier molecular flexibility index (Phi) is 7.91. The van der Waals surface area contributed by atoms with E-state index in [1.54, 1.807) is 7.11 Å². The van der Waals surface area contributed by atoms with Crippen LogP contribution in [-0.2, 0) is 9.47 Å². The molecule has 1 aliphatic rings. The second kappa shape index (κ2) is 10.2. The Morgan fingerprint density at radius 1 is 1.28 bits per heavy atom. The van der Waals surface area contributed by atoms with E-state index in [2.05, 4.69) is 21.9 Å². The fourth-order valence-corrected chi connectivity index (χ4v) is 3.26. The zero-order chi connectivity index (χ0) is 20.1. The van der Waals surface area contributed by atoms with Crippen molar-refractivity contribution < 1.29 is 14.3 Å². The second-order valence-electron chi connectivity index (χ2n) is 6.83. The molecule has 0 atom stereocenters. The Labute approximate surface area is 177 Å². The van der Waals surface area contributed by atoms with Crippen LogP contribution in [0.25, 0.3) is 6.08 Å². The Morgan fingerprint density at radius 2 is 2.07 bits per heavy atom. The zero-order valence-electron chi connectivity index (χ0n) is 17.3. The van der Waals surface area contributed by atoms with Crippen LogP contribution < -0.4 is 0 Å². The highest BCUT2D eigenvalue weighted by molar-refractivity contribution is 6.11. The van der Waals surface area contributed by atoms with Gasteiger partial charge in [-0.05, 0) is 44.0 Å². The van der Waals surface area contributed by atoms with Gasteiger partial charge in [-0.2, -0.15) is 0 Å². The molecule has 2 aromatic rings. The molecular formula is C22H28ClN3O3. The molecule has 2 aromatic heterocycles. The average molecular weight is 418 g/mol. The predicted molar refractivity (Wildman–Crippen MR) is 118 cm³/mol. The number of hydrogen-bond acceptors (Lipinski definition) is 4. The quantitative estimate of drug-likeness (QED) is 0.463. The molecule has 0 saturated carbocycles. The van der Waals surface area contributed by atoms with Crippen molar-refractivity contribution in [3.05, 3.63) is 64.1 Å². The van der Waals surface area contributed by atoms with Crippen molar-refractivity contribution >= 4 is 30.2 Å². The van der Waals surface area contributed by atoms with Gasteiger partial charge in [-0.15, -0.1) is 12.4 Å². The highest BCUT2D eigenvalue weighted by Gasteiger charge is 2.21. The largest absolute Gasteiger partial charge is 0.494 e. The molecule has 156 valence electrons. The van der Waals surface area contributed by atoms with Crippen LogP contribution in [0, 0.1) is 13.8 Å². The Hall–Kier alpha value is -2.73. The van der Waals surface area contributed by atoms with E-state index in [-0.39, 0.29) is 18.4 Å². The number of rotatable bonds is 8. The monoisotopic (exact) mass is 417 g/mol. The first-order chi connectivity index (χ1) is 13.5. The molecule has 7 heteroatoms. The summed E-state index contributed by atoms with van der Waals surface area (Å²) in [5.41, 5.74) is 5.51. The molecule has 0 aromatic carbocycles. The van der Waals surface area contributed by atoms with Crippen molar-refractivity contribution in [2.75, 3.05) is 13.7 Å². The van der Waals surface area contributed by atoms with E-state index in [0.29, 0.717) is 23.6 Å². The van der Waals surface area contributed by atoms with Crippen molar-refractivity contribution in [3.8, 4) is 0 Å². The molecule has 0 saturated heterocycles. The molecule has 3 rings (SSSR count). The number of unbranched alkanes of at least 4 members (excludes halogenated alkanes) is 2. The maximum atomic E-state index is 12.5. The summed E-state index contributed by atoms with van der Waals surface area (Å²) in [5.74, 6) is 0.399. The highest BCUT2D eigenvalue weighted by atomic mass is 35.5. The van der Waals surface area contributed by atoms with Crippen LogP contribution >= 0.6 is 12.4 Å². The van der Waals surface area contributed by atoms with Gasteiger partial charge >= 0.3 is 5.97 Å². The third-order valence-corrected chi connectivity index (χ3v) is 4.80. The molecule has 3 heterocycles. The maximum absolute atomic E-state index is 12.5. The summed E-state index contributed by atoms with van der Waals surface area (Å²) in [6.45, 7) is 6.37. The molecule has 0 radical (unpaired) electrons. The number of methoxy groups -OCH3 is 1. The number of carbonyl (C=O) groups excluding carboxylic acids is 1. The number of halogens is 1. The van der Waals surface area contributed by atoms with Gasteiger partial charge in [0.1, 0.15) is 11.5 Å². The Bertz CT molecular complexity index is 937. The molecule has 29 heavy (non-hydrogen) atoms. The fraction of sp³-hybridized carbons (Fsp3) is 0.364. The molecule has 0 aliphatic carbocycles. The van der Waals surface area contributed by atoms with Gasteiger partial charge in [-0.1, -0.05) is 19.8 Å². The number of aryl methyl sites for hydroxylation is 1. The zero-order valence-corrected chi connectivity index (χ0v) is 18.1. The van der Waals surface area contributed by atoms with E-state index in [9.17, 15) is 4.79 Å². The van der Waals surface area contributed by atoms with Gasteiger partial charge in [0, 0.05) is 23.7 Å². The number of carbonyl (C=O) groups is 1. The van der Waals surface area contributed by atoms with Crippen LogP contribution in [0.3, 0.4) is 0 Å². The van der Waals surface area contributed by atoms with Crippen LogP contribution in [0.1, 0.15) is 59.2 Å². The molecule has 0 unspecified atom stereocenters. The minimum absolute atomic E-state index is 0. The first-order valence-electron chi connectivity index (χ1n) is 9.61. The minimum atomic E-state index is -0.281. The summed E-state index contributed by atoms with van der Waals surface area (Å²) >= 11 is 0. The van der Waals surface area contributed by atoms with E-state index >= 15 is 0 Å². The van der Waals surface area contributed by atoms with Crippen LogP contribution in [0.2, 0.25) is 0 Å². The number of H-pyrrole nitrogens is 2. The second-order valence-corrected chi connectivity index (χ2v) is 6.83. The fourth-order valence-electron chi connectivity index (χ4n) is 3.26. The number of aromatic amines is 2. The van der Waals surface area contributed by atoms with Crippen LogP contribution in [-0.4, -0.2) is 35.4 Å². The van der Waals surface area contributed by atoms with Crippen LogP contribution in [0.5, 0.6) is 0 Å². The lowest BCUT2D eigenvalue weighted by atomic mass is 10.1. The number of ether oxygens (including phenoxy) is 2. The number of aromatic nitrogens is 2. The molecule has 0 fully saturated rings. The van der Waals surface area contributed by atoms with E-state index in [1.807, 2.05) is 44.3 Å². The maximum Gasteiger partial charge on any atom is 0.340 e. The third-order valence-electron chi connectivity index (χ3n) is 4.80. The van der Waals surface area contributed by atoms with Gasteiger partial charge in [-0.25, -0.2) is 9.79 Å². The predicted octanol–water partition coefficient (Wildman–Crippen LogP) is 5.10. The Morgan fingerprint density at radius 3 is 2.72 bits per heavy atom. The van der Waals surface area contributed by atoms with Gasteiger partial charge in [0.05, 0.1) is 30.7 Å². The van der Waals surface area contributed by atoms with Crippen molar-refractivity contribution in [2.24, 2.45) is 4.99 Å². The summed E-state index contributed by atoms with van der Waals surface area (Å²) in [6.07, 6.45) is 8.70. The summed E-state index contributed by atoms with van der Waals surface area (Å²) < 4.78 is 10.9. The molecule has 0 amide bonds. The van der Waals surface area contributed by atoms with E-state index in [0.717, 1.165) is 47.6 Å². The molecular weight excluding hydrogens is 390 g/mol.